The summed E-state index contributed by atoms with van der Waals surface area (Å²) in [5, 5.41) is 18.5. The minimum absolute atomic E-state index is 0.362. The molecular formula is C8H10O5. The number of ketones is 2. The average Bonchev–Trinajstić information content (AvgIpc) is 2.01. The number of hydrogen-bond acceptors (Lipinski definition) is 5. The first-order chi connectivity index (χ1) is 5.90. The molecule has 0 aromatic rings. The van der Waals surface area contributed by atoms with E-state index in [2.05, 4.69) is 4.74 Å². The molecule has 0 aromatic heterocycles. The molecule has 0 aliphatic heterocycles. The summed E-state index contributed by atoms with van der Waals surface area (Å²) in [6, 6.07) is 0. The summed E-state index contributed by atoms with van der Waals surface area (Å²) in [4.78, 5) is 22.3. The van der Waals surface area contributed by atoms with Gasteiger partial charge in [0.15, 0.2) is 0 Å². The Morgan fingerprint density at radius 2 is 2.00 bits per heavy atom. The van der Waals surface area contributed by atoms with Crippen LogP contribution in [0.1, 0.15) is 13.3 Å². The second kappa shape index (κ2) is 2.85. The molecule has 5 nitrogen and oxygen atoms in total. The normalized spacial score (nSPS) is 29.5. The van der Waals surface area contributed by atoms with Crippen molar-refractivity contribution in [1.29, 1.82) is 0 Å². The molecule has 1 aliphatic carbocycles. The number of ether oxygens (including phenoxy) is 1. The maximum absolute atomic E-state index is 11.2. The van der Waals surface area contributed by atoms with E-state index in [1.54, 1.807) is 0 Å². The number of carbonyl (C=O) groups is 2. The van der Waals surface area contributed by atoms with Crippen molar-refractivity contribution in [3.8, 4) is 0 Å². The van der Waals surface area contributed by atoms with Crippen molar-refractivity contribution in [3.63, 3.8) is 0 Å². The highest BCUT2D eigenvalue weighted by molar-refractivity contribution is 6.13. The predicted octanol–water partition coefficient (Wildman–Crippen LogP) is -0.305. The van der Waals surface area contributed by atoms with Crippen molar-refractivity contribution < 1.29 is 24.5 Å². The van der Waals surface area contributed by atoms with E-state index >= 15 is 0 Å². The molecule has 0 saturated carbocycles. The molecule has 0 spiro atoms. The molecule has 0 radical (unpaired) electrons. The second-order valence-corrected chi connectivity index (χ2v) is 3.08. The molecule has 0 bridgehead atoms. The van der Waals surface area contributed by atoms with Gasteiger partial charge in [-0.1, -0.05) is 0 Å². The molecule has 0 heterocycles. The Hall–Kier alpha value is -1.36. The molecule has 0 aromatic carbocycles. The highest BCUT2D eigenvalue weighted by Crippen LogP contribution is 2.25. The first kappa shape index (κ1) is 9.73. The molecule has 1 aliphatic rings. The highest BCUT2D eigenvalue weighted by atomic mass is 16.5. The van der Waals surface area contributed by atoms with Crippen LogP contribution in [-0.4, -0.2) is 34.5 Å². The van der Waals surface area contributed by atoms with Crippen molar-refractivity contribution in [2.45, 2.75) is 18.9 Å². The Morgan fingerprint density at radius 1 is 1.46 bits per heavy atom. The first-order valence-electron chi connectivity index (χ1n) is 3.67. The summed E-state index contributed by atoms with van der Waals surface area (Å²) >= 11 is 0. The van der Waals surface area contributed by atoms with Crippen LogP contribution in [0, 0.1) is 0 Å². The first-order valence-corrected chi connectivity index (χ1v) is 3.67. The largest absolute Gasteiger partial charge is 0.502 e. The monoisotopic (exact) mass is 186 g/mol. The molecule has 0 unspecified atom stereocenters. The predicted molar refractivity (Wildman–Crippen MR) is 41.9 cm³/mol. The van der Waals surface area contributed by atoms with E-state index in [9.17, 15) is 14.7 Å². The molecule has 0 fully saturated rings. The summed E-state index contributed by atoms with van der Waals surface area (Å²) in [6.07, 6.45) is -0.362. The third-order valence-electron chi connectivity index (χ3n) is 1.88. The molecule has 1 atom stereocenters. The number of methoxy groups -OCH3 is 1. The summed E-state index contributed by atoms with van der Waals surface area (Å²) in [6.45, 7) is 1.18. The number of hydrogen-bond donors (Lipinski definition) is 2. The standard InChI is InChI=1S/C8H10O5/c1-8(12)3-4(9)6(13-2)5(10)7(8)11/h10,12H,3H2,1-2H3/t8-/m1/s1. The average molecular weight is 186 g/mol. The van der Waals surface area contributed by atoms with Crippen molar-refractivity contribution in [2.24, 2.45) is 0 Å². The van der Waals surface area contributed by atoms with Gasteiger partial charge < -0.3 is 14.9 Å². The smallest absolute Gasteiger partial charge is 0.232 e. The number of aliphatic hydroxyl groups is 2. The summed E-state index contributed by atoms with van der Waals surface area (Å²) in [5.41, 5.74) is -1.82. The van der Waals surface area contributed by atoms with Crippen LogP contribution in [0.4, 0.5) is 0 Å². The fourth-order valence-electron chi connectivity index (χ4n) is 1.17. The van der Waals surface area contributed by atoms with Crippen molar-refractivity contribution >= 4 is 11.6 Å². The van der Waals surface area contributed by atoms with Crippen LogP contribution in [0.3, 0.4) is 0 Å². The fraction of sp³-hybridized carbons (Fsp3) is 0.500. The lowest BCUT2D eigenvalue weighted by molar-refractivity contribution is -0.143. The van der Waals surface area contributed by atoms with Crippen molar-refractivity contribution in [2.75, 3.05) is 7.11 Å². The van der Waals surface area contributed by atoms with Gasteiger partial charge in [0.05, 0.1) is 13.5 Å². The quantitative estimate of drug-likeness (QED) is 0.587. The Morgan fingerprint density at radius 3 is 2.46 bits per heavy atom. The van der Waals surface area contributed by atoms with Crippen LogP contribution in [0.2, 0.25) is 0 Å². The van der Waals surface area contributed by atoms with E-state index in [1.165, 1.54) is 14.0 Å². The number of allylic oxidation sites excluding steroid dienone is 1. The van der Waals surface area contributed by atoms with Crippen LogP contribution >= 0.6 is 0 Å². The summed E-state index contributed by atoms with van der Waals surface area (Å²) in [5.74, 6) is -2.64. The van der Waals surface area contributed by atoms with Gasteiger partial charge in [0.25, 0.3) is 0 Å². The fourth-order valence-corrected chi connectivity index (χ4v) is 1.17. The molecule has 0 amide bonds. The zero-order valence-corrected chi connectivity index (χ0v) is 7.33. The zero-order chi connectivity index (χ0) is 10.2. The second-order valence-electron chi connectivity index (χ2n) is 3.08. The van der Waals surface area contributed by atoms with E-state index in [4.69, 9.17) is 5.11 Å². The van der Waals surface area contributed by atoms with Gasteiger partial charge in [0.1, 0.15) is 5.60 Å². The van der Waals surface area contributed by atoms with Gasteiger partial charge in [-0.3, -0.25) is 9.59 Å². The van der Waals surface area contributed by atoms with E-state index in [0.29, 0.717) is 0 Å². The lowest BCUT2D eigenvalue weighted by Crippen LogP contribution is -2.43. The van der Waals surface area contributed by atoms with Crippen LogP contribution in [0.5, 0.6) is 0 Å². The van der Waals surface area contributed by atoms with Gasteiger partial charge in [-0.25, -0.2) is 0 Å². The molecule has 0 saturated heterocycles. The van der Waals surface area contributed by atoms with E-state index in [1.807, 2.05) is 0 Å². The van der Waals surface area contributed by atoms with E-state index in [0.717, 1.165) is 0 Å². The van der Waals surface area contributed by atoms with Crippen molar-refractivity contribution in [3.05, 3.63) is 11.5 Å². The van der Waals surface area contributed by atoms with E-state index < -0.39 is 22.9 Å². The van der Waals surface area contributed by atoms with Crippen molar-refractivity contribution in [1.82, 2.24) is 0 Å². The molecule has 1 rings (SSSR count). The minimum Gasteiger partial charge on any atom is -0.502 e. The SMILES string of the molecule is COC1=C(O)C(=O)[C@](C)(O)CC1=O. The third kappa shape index (κ3) is 1.42. The lowest BCUT2D eigenvalue weighted by Gasteiger charge is -2.25. The molecule has 5 heteroatoms. The van der Waals surface area contributed by atoms with Crippen LogP contribution < -0.4 is 0 Å². The summed E-state index contributed by atoms with van der Waals surface area (Å²) < 4.78 is 4.53. The number of aliphatic hydroxyl groups excluding tert-OH is 1. The maximum Gasteiger partial charge on any atom is 0.232 e. The Balaban J connectivity index is 3.19. The number of rotatable bonds is 1. The zero-order valence-electron chi connectivity index (χ0n) is 7.33. The van der Waals surface area contributed by atoms with Gasteiger partial charge >= 0.3 is 0 Å². The minimum atomic E-state index is -1.82. The van der Waals surface area contributed by atoms with E-state index in [-0.39, 0.29) is 12.2 Å². The topological polar surface area (TPSA) is 83.8 Å². The number of carbonyl (C=O) groups excluding carboxylic acids is 2. The van der Waals surface area contributed by atoms with Crippen LogP contribution in [0.25, 0.3) is 0 Å². The molecule has 13 heavy (non-hydrogen) atoms. The maximum atomic E-state index is 11.2. The molecule has 72 valence electrons. The van der Waals surface area contributed by atoms with Gasteiger partial charge in [-0.2, -0.15) is 0 Å². The van der Waals surface area contributed by atoms with Gasteiger partial charge in [0.2, 0.25) is 23.1 Å². The van der Waals surface area contributed by atoms with Gasteiger partial charge in [-0.15, -0.1) is 0 Å². The third-order valence-corrected chi connectivity index (χ3v) is 1.88. The number of Topliss-reactive ketones (excluding diaryl/α,β-unsaturated/α-hetero) is 2. The van der Waals surface area contributed by atoms with Gasteiger partial charge in [0, 0.05) is 0 Å². The Kier molecular flexibility index (Phi) is 2.13. The van der Waals surface area contributed by atoms with Gasteiger partial charge in [-0.05, 0) is 6.92 Å². The summed E-state index contributed by atoms with van der Waals surface area (Å²) in [7, 11) is 1.18. The molecule has 2 N–H and O–H groups in total. The highest BCUT2D eigenvalue weighted by Gasteiger charge is 2.43. The Labute approximate surface area is 74.6 Å². The van der Waals surface area contributed by atoms with Crippen LogP contribution in [0.15, 0.2) is 11.5 Å². The molecular weight excluding hydrogens is 176 g/mol. The Bertz CT molecular complexity index is 300. The lowest BCUT2D eigenvalue weighted by atomic mass is 9.87. The van der Waals surface area contributed by atoms with Crippen LogP contribution in [-0.2, 0) is 14.3 Å².